The standard InChI is InChI=1S/C15H20BrNO3/c1-3-19-13-6-4-12(5-7-13)15(18)17-9-14(8-16)20-10-11(17)2/h4-7,11,14H,3,8-10H2,1-2H3. The van der Waals surface area contributed by atoms with Crippen molar-refractivity contribution in [3.8, 4) is 5.75 Å². The van der Waals surface area contributed by atoms with E-state index in [0.717, 1.165) is 11.1 Å². The zero-order valence-electron chi connectivity index (χ0n) is 11.8. The molecule has 1 amide bonds. The van der Waals surface area contributed by atoms with Crippen molar-refractivity contribution < 1.29 is 14.3 Å². The van der Waals surface area contributed by atoms with Gasteiger partial charge in [-0.25, -0.2) is 0 Å². The van der Waals surface area contributed by atoms with E-state index < -0.39 is 0 Å². The van der Waals surface area contributed by atoms with Crippen LogP contribution in [0.2, 0.25) is 0 Å². The van der Waals surface area contributed by atoms with E-state index in [0.29, 0.717) is 25.3 Å². The Morgan fingerprint density at radius 3 is 2.75 bits per heavy atom. The highest BCUT2D eigenvalue weighted by molar-refractivity contribution is 9.09. The highest BCUT2D eigenvalue weighted by Crippen LogP contribution is 2.19. The minimum atomic E-state index is 0.0507. The van der Waals surface area contributed by atoms with Gasteiger partial charge in [-0.05, 0) is 38.1 Å². The number of alkyl halides is 1. The molecule has 2 rings (SSSR count). The number of morpholine rings is 1. The monoisotopic (exact) mass is 341 g/mol. The average molecular weight is 342 g/mol. The van der Waals surface area contributed by atoms with E-state index in [9.17, 15) is 4.79 Å². The number of hydrogen-bond acceptors (Lipinski definition) is 3. The van der Waals surface area contributed by atoms with Crippen molar-refractivity contribution in [2.24, 2.45) is 0 Å². The number of halogens is 1. The van der Waals surface area contributed by atoms with E-state index in [1.807, 2.05) is 43.0 Å². The third-order valence-corrected chi connectivity index (χ3v) is 4.07. The van der Waals surface area contributed by atoms with Gasteiger partial charge in [0.15, 0.2) is 0 Å². The molecule has 1 fully saturated rings. The van der Waals surface area contributed by atoms with Crippen molar-refractivity contribution >= 4 is 21.8 Å². The summed E-state index contributed by atoms with van der Waals surface area (Å²) in [6.07, 6.45) is 0.0675. The molecule has 110 valence electrons. The summed E-state index contributed by atoms with van der Waals surface area (Å²) in [6, 6.07) is 7.41. The molecule has 0 aliphatic carbocycles. The molecule has 0 radical (unpaired) electrons. The molecule has 0 saturated carbocycles. The highest BCUT2D eigenvalue weighted by Gasteiger charge is 2.29. The van der Waals surface area contributed by atoms with E-state index in [4.69, 9.17) is 9.47 Å². The Bertz CT molecular complexity index is 449. The third kappa shape index (κ3) is 3.52. The summed E-state index contributed by atoms with van der Waals surface area (Å²) in [4.78, 5) is 14.4. The van der Waals surface area contributed by atoms with E-state index in [2.05, 4.69) is 15.9 Å². The second kappa shape index (κ2) is 7.09. The zero-order valence-corrected chi connectivity index (χ0v) is 13.4. The van der Waals surface area contributed by atoms with Gasteiger partial charge < -0.3 is 14.4 Å². The molecule has 0 bridgehead atoms. The van der Waals surface area contributed by atoms with Crippen LogP contribution in [0.5, 0.6) is 5.75 Å². The molecule has 4 nitrogen and oxygen atoms in total. The maximum absolute atomic E-state index is 12.6. The van der Waals surface area contributed by atoms with Crippen LogP contribution in [0.4, 0.5) is 0 Å². The Balaban J connectivity index is 2.08. The molecule has 2 unspecified atom stereocenters. The Kier molecular flexibility index (Phi) is 5.43. The maximum atomic E-state index is 12.6. The first-order valence-electron chi connectivity index (χ1n) is 6.87. The van der Waals surface area contributed by atoms with Crippen LogP contribution >= 0.6 is 15.9 Å². The Hall–Kier alpha value is -1.07. The summed E-state index contributed by atoms with van der Waals surface area (Å²) in [7, 11) is 0. The molecule has 0 spiro atoms. The van der Waals surface area contributed by atoms with Gasteiger partial charge in [0, 0.05) is 17.4 Å². The third-order valence-electron chi connectivity index (χ3n) is 3.35. The van der Waals surface area contributed by atoms with Gasteiger partial charge in [-0.2, -0.15) is 0 Å². The van der Waals surface area contributed by atoms with Gasteiger partial charge in [0.25, 0.3) is 5.91 Å². The minimum absolute atomic E-state index is 0.0507. The average Bonchev–Trinajstić information content (AvgIpc) is 2.48. The van der Waals surface area contributed by atoms with Gasteiger partial charge in [-0.3, -0.25) is 4.79 Å². The molecule has 1 aliphatic heterocycles. The lowest BCUT2D eigenvalue weighted by atomic mass is 10.1. The summed E-state index contributed by atoms with van der Waals surface area (Å²) in [5, 5.41) is 0.743. The van der Waals surface area contributed by atoms with Crippen LogP contribution in [0.15, 0.2) is 24.3 Å². The van der Waals surface area contributed by atoms with E-state index in [-0.39, 0.29) is 18.1 Å². The number of rotatable bonds is 4. The van der Waals surface area contributed by atoms with Crippen LogP contribution in [0, 0.1) is 0 Å². The van der Waals surface area contributed by atoms with Gasteiger partial charge >= 0.3 is 0 Å². The van der Waals surface area contributed by atoms with Gasteiger partial charge in [0.2, 0.25) is 0 Å². The lowest BCUT2D eigenvalue weighted by Crippen LogP contribution is -2.51. The van der Waals surface area contributed by atoms with E-state index in [1.54, 1.807) is 0 Å². The highest BCUT2D eigenvalue weighted by atomic mass is 79.9. The van der Waals surface area contributed by atoms with Gasteiger partial charge in [0.05, 0.1) is 25.4 Å². The number of hydrogen-bond donors (Lipinski definition) is 0. The largest absolute Gasteiger partial charge is 0.494 e. The van der Waals surface area contributed by atoms with Gasteiger partial charge in [-0.1, -0.05) is 15.9 Å². The van der Waals surface area contributed by atoms with E-state index >= 15 is 0 Å². The van der Waals surface area contributed by atoms with Crippen LogP contribution < -0.4 is 4.74 Å². The quantitative estimate of drug-likeness (QED) is 0.790. The van der Waals surface area contributed by atoms with Crippen molar-refractivity contribution in [3.05, 3.63) is 29.8 Å². The second-order valence-electron chi connectivity index (χ2n) is 4.87. The predicted molar refractivity (Wildman–Crippen MR) is 81.6 cm³/mol. The van der Waals surface area contributed by atoms with Crippen LogP contribution in [0.1, 0.15) is 24.2 Å². The normalized spacial score (nSPS) is 22.6. The van der Waals surface area contributed by atoms with Crippen LogP contribution in [-0.2, 0) is 4.74 Å². The fourth-order valence-corrected chi connectivity index (χ4v) is 2.61. The molecule has 5 heteroatoms. The van der Waals surface area contributed by atoms with Crippen molar-refractivity contribution in [3.63, 3.8) is 0 Å². The number of carbonyl (C=O) groups excluding carboxylic acids is 1. The molecule has 1 aromatic rings. The molecule has 2 atom stereocenters. The second-order valence-corrected chi connectivity index (χ2v) is 5.52. The molecule has 1 aliphatic rings. The maximum Gasteiger partial charge on any atom is 0.254 e. The van der Waals surface area contributed by atoms with Crippen molar-refractivity contribution in [1.29, 1.82) is 0 Å². The minimum Gasteiger partial charge on any atom is -0.494 e. The van der Waals surface area contributed by atoms with Crippen molar-refractivity contribution in [1.82, 2.24) is 4.90 Å². The lowest BCUT2D eigenvalue weighted by Gasteiger charge is -2.37. The van der Waals surface area contributed by atoms with Crippen LogP contribution in [0.3, 0.4) is 0 Å². The first-order chi connectivity index (χ1) is 9.65. The van der Waals surface area contributed by atoms with Gasteiger partial charge in [-0.15, -0.1) is 0 Å². The number of nitrogens with zero attached hydrogens (tertiary/aromatic N) is 1. The summed E-state index contributed by atoms with van der Waals surface area (Å²) < 4.78 is 11.0. The molecule has 0 N–H and O–H groups in total. The first-order valence-corrected chi connectivity index (χ1v) is 7.99. The number of carbonyl (C=O) groups is 1. The predicted octanol–water partition coefficient (Wildman–Crippen LogP) is 2.71. The molecular weight excluding hydrogens is 322 g/mol. The molecule has 20 heavy (non-hydrogen) atoms. The number of ether oxygens (including phenoxy) is 2. The first kappa shape index (κ1) is 15.3. The molecule has 1 aromatic carbocycles. The smallest absolute Gasteiger partial charge is 0.254 e. The van der Waals surface area contributed by atoms with Gasteiger partial charge in [0.1, 0.15) is 5.75 Å². The van der Waals surface area contributed by atoms with Crippen LogP contribution in [-0.4, -0.2) is 48.0 Å². The Labute approximate surface area is 128 Å². The fraction of sp³-hybridized carbons (Fsp3) is 0.533. The lowest BCUT2D eigenvalue weighted by molar-refractivity contribution is -0.0361. The summed E-state index contributed by atoms with van der Waals surface area (Å²) in [6.45, 7) is 5.78. The molecule has 1 heterocycles. The summed E-state index contributed by atoms with van der Waals surface area (Å²) >= 11 is 3.41. The molecule has 1 saturated heterocycles. The van der Waals surface area contributed by atoms with Crippen LogP contribution in [0.25, 0.3) is 0 Å². The topological polar surface area (TPSA) is 38.8 Å². The Morgan fingerprint density at radius 2 is 2.15 bits per heavy atom. The van der Waals surface area contributed by atoms with E-state index in [1.165, 1.54) is 0 Å². The molecular formula is C15H20BrNO3. The fourth-order valence-electron chi connectivity index (χ4n) is 2.22. The number of benzene rings is 1. The molecule has 0 aromatic heterocycles. The summed E-state index contributed by atoms with van der Waals surface area (Å²) in [5.41, 5.74) is 0.690. The van der Waals surface area contributed by atoms with Crippen molar-refractivity contribution in [2.75, 3.05) is 25.1 Å². The SMILES string of the molecule is CCOc1ccc(C(=O)N2CC(CBr)OCC2C)cc1. The van der Waals surface area contributed by atoms with Crippen molar-refractivity contribution in [2.45, 2.75) is 26.0 Å². The Morgan fingerprint density at radius 1 is 1.45 bits per heavy atom. The zero-order chi connectivity index (χ0) is 14.5. The summed E-state index contributed by atoms with van der Waals surface area (Å²) in [5.74, 6) is 0.840. The number of amides is 1.